The summed E-state index contributed by atoms with van der Waals surface area (Å²) in [6.45, 7) is 2.79. The second kappa shape index (κ2) is 6.16. The molecule has 0 saturated heterocycles. The van der Waals surface area contributed by atoms with Gasteiger partial charge in [0.1, 0.15) is 5.75 Å². The number of fused-ring (bicyclic) bond motifs is 1. The summed E-state index contributed by atoms with van der Waals surface area (Å²) in [6.07, 6.45) is 2.89. The summed E-state index contributed by atoms with van der Waals surface area (Å²) < 4.78 is 5.51. The smallest absolute Gasteiger partial charge is 0.122 e. The molecule has 0 aromatic heterocycles. The summed E-state index contributed by atoms with van der Waals surface area (Å²) in [5.74, 6) is 1.06. The number of thiocarbonyl (C=S) groups is 1. The highest BCUT2D eigenvalue weighted by molar-refractivity contribution is 7.80. The number of benzene rings is 1. The van der Waals surface area contributed by atoms with Crippen molar-refractivity contribution >= 4 is 17.2 Å². The number of hydrogen-bond donors (Lipinski definition) is 1. The van der Waals surface area contributed by atoms with Crippen molar-refractivity contribution in [3.05, 3.63) is 29.3 Å². The third-order valence-electron chi connectivity index (χ3n) is 3.28. The normalized spacial score (nSPS) is 13.4. The highest BCUT2D eigenvalue weighted by Crippen LogP contribution is 2.25. The molecule has 18 heavy (non-hydrogen) atoms. The monoisotopic (exact) mass is 264 g/mol. The molecule has 0 aliphatic carbocycles. The topological polar surface area (TPSA) is 38.5 Å². The summed E-state index contributed by atoms with van der Waals surface area (Å²) in [5.41, 5.74) is 8.22. The SMILES string of the molecule is CN(CCC(N)=S)CCc1ccc2c(c1)CCO2. The zero-order chi connectivity index (χ0) is 13.0. The van der Waals surface area contributed by atoms with E-state index < -0.39 is 0 Å². The molecule has 0 unspecified atom stereocenters. The Morgan fingerprint density at radius 3 is 3.06 bits per heavy atom. The highest BCUT2D eigenvalue weighted by Gasteiger charge is 2.12. The molecule has 0 atom stereocenters. The predicted molar refractivity (Wildman–Crippen MR) is 78.2 cm³/mol. The van der Waals surface area contributed by atoms with Crippen LogP contribution >= 0.6 is 12.2 Å². The maximum atomic E-state index is 5.51. The van der Waals surface area contributed by atoms with Crippen molar-refractivity contribution in [2.45, 2.75) is 19.3 Å². The second-order valence-electron chi connectivity index (χ2n) is 4.81. The number of rotatable bonds is 6. The van der Waals surface area contributed by atoms with Crippen molar-refractivity contribution in [1.29, 1.82) is 0 Å². The molecule has 0 spiro atoms. The molecule has 2 rings (SSSR count). The zero-order valence-corrected chi connectivity index (χ0v) is 11.6. The van der Waals surface area contributed by atoms with E-state index in [0.29, 0.717) is 4.99 Å². The first-order chi connectivity index (χ1) is 8.65. The van der Waals surface area contributed by atoms with Gasteiger partial charge in [0, 0.05) is 25.9 Å². The summed E-state index contributed by atoms with van der Waals surface area (Å²) in [5, 5.41) is 0. The summed E-state index contributed by atoms with van der Waals surface area (Å²) >= 11 is 4.88. The van der Waals surface area contributed by atoms with Gasteiger partial charge in [0.05, 0.1) is 11.6 Å². The van der Waals surface area contributed by atoms with Crippen LogP contribution in [0.2, 0.25) is 0 Å². The fourth-order valence-corrected chi connectivity index (χ4v) is 2.22. The van der Waals surface area contributed by atoms with Crippen LogP contribution < -0.4 is 10.5 Å². The molecular weight excluding hydrogens is 244 g/mol. The van der Waals surface area contributed by atoms with Crippen molar-refractivity contribution < 1.29 is 4.74 Å². The molecule has 1 aliphatic heterocycles. The van der Waals surface area contributed by atoms with Crippen LogP contribution in [0, 0.1) is 0 Å². The molecule has 1 aliphatic rings. The van der Waals surface area contributed by atoms with E-state index in [9.17, 15) is 0 Å². The summed E-state index contributed by atoms with van der Waals surface area (Å²) in [4.78, 5) is 2.86. The molecule has 2 N–H and O–H groups in total. The third-order valence-corrected chi connectivity index (χ3v) is 3.48. The van der Waals surface area contributed by atoms with Crippen LogP contribution in [0.1, 0.15) is 17.5 Å². The fraction of sp³-hybridized carbons (Fsp3) is 0.500. The van der Waals surface area contributed by atoms with Gasteiger partial charge in [0.15, 0.2) is 0 Å². The third kappa shape index (κ3) is 3.68. The highest BCUT2D eigenvalue weighted by atomic mass is 32.1. The van der Waals surface area contributed by atoms with Gasteiger partial charge in [-0.05, 0) is 30.7 Å². The van der Waals surface area contributed by atoms with E-state index in [1.165, 1.54) is 11.1 Å². The first-order valence-corrected chi connectivity index (χ1v) is 6.77. The summed E-state index contributed by atoms with van der Waals surface area (Å²) in [6, 6.07) is 6.52. The van der Waals surface area contributed by atoms with Crippen LogP contribution in [0.4, 0.5) is 0 Å². The molecule has 0 saturated carbocycles. The minimum absolute atomic E-state index is 0.594. The Bertz CT molecular complexity index is 434. The Hall–Kier alpha value is -1.13. The lowest BCUT2D eigenvalue weighted by atomic mass is 10.1. The van der Waals surface area contributed by atoms with Crippen LogP contribution in [0.3, 0.4) is 0 Å². The number of likely N-dealkylation sites (N-methyl/N-ethyl adjacent to an activating group) is 1. The molecule has 1 heterocycles. The lowest BCUT2D eigenvalue weighted by Crippen LogP contribution is -2.25. The van der Waals surface area contributed by atoms with Crippen LogP contribution in [0.25, 0.3) is 0 Å². The molecule has 0 bridgehead atoms. The van der Waals surface area contributed by atoms with E-state index >= 15 is 0 Å². The van der Waals surface area contributed by atoms with Gasteiger partial charge in [-0.25, -0.2) is 0 Å². The average Bonchev–Trinajstić information content (AvgIpc) is 2.81. The molecule has 0 fully saturated rings. The maximum absolute atomic E-state index is 5.51. The molecule has 1 aromatic carbocycles. The van der Waals surface area contributed by atoms with E-state index in [4.69, 9.17) is 22.7 Å². The number of ether oxygens (including phenoxy) is 1. The van der Waals surface area contributed by atoms with Crippen LogP contribution in [0.5, 0.6) is 5.75 Å². The number of hydrogen-bond acceptors (Lipinski definition) is 3. The lowest BCUT2D eigenvalue weighted by Gasteiger charge is -2.16. The quantitative estimate of drug-likeness (QED) is 0.795. The molecular formula is C14H20N2OS. The fourth-order valence-electron chi connectivity index (χ4n) is 2.13. The lowest BCUT2D eigenvalue weighted by molar-refractivity contribution is 0.349. The van der Waals surface area contributed by atoms with Gasteiger partial charge in [0.25, 0.3) is 0 Å². The van der Waals surface area contributed by atoms with Crippen molar-refractivity contribution in [2.75, 3.05) is 26.7 Å². The van der Waals surface area contributed by atoms with Crippen molar-refractivity contribution in [3.63, 3.8) is 0 Å². The molecule has 1 aromatic rings. The largest absolute Gasteiger partial charge is 0.493 e. The Kier molecular flexibility index (Phi) is 4.55. The molecule has 3 nitrogen and oxygen atoms in total. The van der Waals surface area contributed by atoms with Crippen molar-refractivity contribution in [1.82, 2.24) is 4.90 Å². The van der Waals surface area contributed by atoms with E-state index in [1.807, 2.05) is 0 Å². The van der Waals surface area contributed by atoms with Gasteiger partial charge >= 0.3 is 0 Å². The van der Waals surface area contributed by atoms with Gasteiger partial charge in [-0.1, -0.05) is 24.4 Å². The molecule has 4 heteroatoms. The van der Waals surface area contributed by atoms with E-state index in [2.05, 4.69) is 30.1 Å². The zero-order valence-electron chi connectivity index (χ0n) is 10.8. The average molecular weight is 264 g/mol. The molecule has 0 radical (unpaired) electrons. The van der Waals surface area contributed by atoms with E-state index in [0.717, 1.165) is 44.7 Å². The van der Waals surface area contributed by atoms with Gasteiger partial charge in [-0.2, -0.15) is 0 Å². The molecule has 98 valence electrons. The first-order valence-electron chi connectivity index (χ1n) is 6.36. The predicted octanol–water partition coefficient (Wildman–Crippen LogP) is 1.77. The standard InChI is InChI=1S/C14H20N2OS/c1-16(8-5-14(15)18)7-4-11-2-3-13-12(10-11)6-9-17-13/h2-3,10H,4-9H2,1H3,(H2,15,18). The first kappa shape index (κ1) is 13.3. The summed E-state index contributed by atoms with van der Waals surface area (Å²) in [7, 11) is 2.11. The maximum Gasteiger partial charge on any atom is 0.122 e. The van der Waals surface area contributed by atoms with Crippen molar-refractivity contribution in [2.24, 2.45) is 5.73 Å². The van der Waals surface area contributed by atoms with E-state index in [-0.39, 0.29) is 0 Å². The van der Waals surface area contributed by atoms with Crippen LogP contribution in [0.15, 0.2) is 18.2 Å². The Morgan fingerprint density at radius 1 is 1.44 bits per heavy atom. The van der Waals surface area contributed by atoms with Crippen LogP contribution in [-0.2, 0) is 12.8 Å². The second-order valence-corrected chi connectivity index (χ2v) is 5.33. The van der Waals surface area contributed by atoms with Crippen LogP contribution in [-0.4, -0.2) is 36.6 Å². The number of nitrogens with two attached hydrogens (primary N) is 1. The Morgan fingerprint density at radius 2 is 2.28 bits per heavy atom. The Balaban J connectivity index is 1.81. The van der Waals surface area contributed by atoms with Gasteiger partial charge in [-0.3, -0.25) is 0 Å². The minimum atomic E-state index is 0.594. The van der Waals surface area contributed by atoms with Gasteiger partial charge in [-0.15, -0.1) is 0 Å². The van der Waals surface area contributed by atoms with E-state index in [1.54, 1.807) is 0 Å². The minimum Gasteiger partial charge on any atom is -0.493 e. The van der Waals surface area contributed by atoms with Gasteiger partial charge < -0.3 is 15.4 Å². The Labute approximate surface area is 114 Å². The molecule has 0 amide bonds. The van der Waals surface area contributed by atoms with Gasteiger partial charge in [0.2, 0.25) is 0 Å². The number of nitrogens with zero attached hydrogens (tertiary/aromatic N) is 1. The van der Waals surface area contributed by atoms with Crippen molar-refractivity contribution in [3.8, 4) is 5.75 Å².